The molecule has 8 heteroatoms. The number of non-ortho nitro benzene ring substituents is 1. The van der Waals surface area contributed by atoms with Gasteiger partial charge in [0.2, 0.25) is 5.91 Å². The lowest BCUT2D eigenvalue weighted by atomic mass is 10.2. The Labute approximate surface area is 169 Å². The number of benzene rings is 1. The number of nitro benzene ring substituents is 1. The second-order valence-corrected chi connectivity index (χ2v) is 7.95. The van der Waals surface area contributed by atoms with Crippen molar-refractivity contribution in [3.63, 3.8) is 0 Å². The molecule has 0 aliphatic heterocycles. The number of rotatable bonds is 9. The van der Waals surface area contributed by atoms with Gasteiger partial charge in [-0.2, -0.15) is 0 Å². The minimum atomic E-state index is -0.497. The SMILES string of the molecule is COc1cc([N+](=O)[O-])ccc1NC(=O)CN(Cc1ccc([C@@H]2C[C@H]2C)o1)C1CC1. The summed E-state index contributed by atoms with van der Waals surface area (Å²) in [7, 11) is 1.42. The maximum absolute atomic E-state index is 12.6. The van der Waals surface area contributed by atoms with Gasteiger partial charge in [-0.3, -0.25) is 19.8 Å². The van der Waals surface area contributed by atoms with Crippen molar-refractivity contribution < 1.29 is 18.9 Å². The molecular weight excluding hydrogens is 374 g/mol. The summed E-state index contributed by atoms with van der Waals surface area (Å²) in [5, 5.41) is 13.7. The maximum atomic E-state index is 12.6. The van der Waals surface area contributed by atoms with Gasteiger partial charge in [0.1, 0.15) is 17.3 Å². The van der Waals surface area contributed by atoms with E-state index in [-0.39, 0.29) is 23.9 Å². The van der Waals surface area contributed by atoms with Crippen molar-refractivity contribution in [2.45, 2.75) is 44.7 Å². The van der Waals surface area contributed by atoms with Gasteiger partial charge in [0.15, 0.2) is 0 Å². The Kier molecular flexibility index (Phi) is 5.27. The summed E-state index contributed by atoms with van der Waals surface area (Å²) >= 11 is 0. The molecule has 29 heavy (non-hydrogen) atoms. The second kappa shape index (κ2) is 7.87. The van der Waals surface area contributed by atoms with Crippen LogP contribution in [0, 0.1) is 16.0 Å². The van der Waals surface area contributed by atoms with Crippen molar-refractivity contribution in [3.05, 3.63) is 52.0 Å². The predicted octanol–water partition coefficient (Wildman–Crippen LogP) is 3.92. The van der Waals surface area contributed by atoms with Crippen LogP contribution < -0.4 is 10.1 Å². The van der Waals surface area contributed by atoms with E-state index in [1.807, 2.05) is 6.07 Å². The van der Waals surface area contributed by atoms with Crippen LogP contribution in [-0.2, 0) is 11.3 Å². The van der Waals surface area contributed by atoms with Gasteiger partial charge in [-0.05, 0) is 43.4 Å². The number of nitrogens with zero attached hydrogens (tertiary/aromatic N) is 2. The smallest absolute Gasteiger partial charge is 0.273 e. The Hall–Kier alpha value is -2.87. The Bertz CT molecular complexity index is 921. The van der Waals surface area contributed by atoms with E-state index in [1.54, 1.807) is 0 Å². The van der Waals surface area contributed by atoms with E-state index in [9.17, 15) is 14.9 Å². The van der Waals surface area contributed by atoms with Crippen LogP contribution in [0.2, 0.25) is 0 Å². The van der Waals surface area contributed by atoms with Crippen molar-refractivity contribution in [1.82, 2.24) is 4.90 Å². The van der Waals surface area contributed by atoms with Gasteiger partial charge in [-0.1, -0.05) is 6.92 Å². The number of furan rings is 1. The first-order chi connectivity index (χ1) is 13.9. The summed E-state index contributed by atoms with van der Waals surface area (Å²) < 4.78 is 11.2. The Morgan fingerprint density at radius 2 is 2.10 bits per heavy atom. The van der Waals surface area contributed by atoms with Crippen LogP contribution >= 0.6 is 0 Å². The second-order valence-electron chi connectivity index (χ2n) is 7.95. The summed E-state index contributed by atoms with van der Waals surface area (Å²) in [5.41, 5.74) is 0.333. The van der Waals surface area contributed by atoms with Gasteiger partial charge in [0, 0.05) is 18.0 Å². The van der Waals surface area contributed by atoms with Gasteiger partial charge in [0.05, 0.1) is 36.9 Å². The molecule has 2 aliphatic carbocycles. The molecule has 154 valence electrons. The number of amides is 1. The van der Waals surface area contributed by atoms with E-state index in [0.717, 1.165) is 24.4 Å². The fourth-order valence-corrected chi connectivity index (χ4v) is 3.62. The van der Waals surface area contributed by atoms with Crippen LogP contribution in [0.25, 0.3) is 0 Å². The molecule has 1 heterocycles. The first kappa shape index (κ1) is 19.4. The molecule has 2 saturated carbocycles. The molecule has 1 amide bonds. The average Bonchev–Trinajstić information content (AvgIpc) is 3.61. The van der Waals surface area contributed by atoms with Crippen molar-refractivity contribution in [2.75, 3.05) is 19.0 Å². The highest BCUT2D eigenvalue weighted by Gasteiger charge is 2.37. The molecule has 0 bridgehead atoms. The van der Waals surface area contributed by atoms with Crippen molar-refractivity contribution in [3.8, 4) is 5.75 Å². The monoisotopic (exact) mass is 399 g/mol. The number of hydrogen-bond acceptors (Lipinski definition) is 6. The zero-order valence-electron chi connectivity index (χ0n) is 16.6. The molecule has 0 unspecified atom stereocenters. The number of nitro groups is 1. The third-order valence-electron chi connectivity index (χ3n) is 5.60. The van der Waals surface area contributed by atoms with Crippen molar-refractivity contribution >= 4 is 17.3 Å². The van der Waals surface area contributed by atoms with E-state index in [2.05, 4.69) is 23.2 Å². The largest absolute Gasteiger partial charge is 0.494 e. The molecule has 8 nitrogen and oxygen atoms in total. The van der Waals surface area contributed by atoms with Gasteiger partial charge < -0.3 is 14.5 Å². The van der Waals surface area contributed by atoms with Gasteiger partial charge in [-0.25, -0.2) is 0 Å². The normalized spacial score (nSPS) is 20.5. The van der Waals surface area contributed by atoms with E-state index in [4.69, 9.17) is 9.15 Å². The summed E-state index contributed by atoms with van der Waals surface area (Å²) in [6.07, 6.45) is 3.32. The van der Waals surface area contributed by atoms with Crippen molar-refractivity contribution in [2.24, 2.45) is 5.92 Å². The lowest BCUT2D eigenvalue weighted by Crippen LogP contribution is -2.34. The maximum Gasteiger partial charge on any atom is 0.273 e. The van der Waals surface area contributed by atoms with E-state index >= 15 is 0 Å². The molecule has 2 fully saturated rings. The highest BCUT2D eigenvalue weighted by atomic mass is 16.6. The Morgan fingerprint density at radius 3 is 2.72 bits per heavy atom. The third kappa shape index (κ3) is 4.59. The van der Waals surface area contributed by atoms with Crippen LogP contribution in [0.3, 0.4) is 0 Å². The van der Waals surface area contributed by atoms with Gasteiger partial charge in [0.25, 0.3) is 5.69 Å². The fourth-order valence-electron chi connectivity index (χ4n) is 3.62. The number of methoxy groups -OCH3 is 1. The standard InChI is InChI=1S/C21H25N3O5/c1-13-9-17(13)19-8-6-16(29-19)11-23(14-3-4-14)12-21(25)22-18-7-5-15(24(26)27)10-20(18)28-2/h5-8,10,13-14,17H,3-4,9,11-12H2,1-2H3,(H,22,25)/t13-,17-/m1/s1. The number of nitrogens with one attached hydrogen (secondary N) is 1. The molecule has 2 aromatic rings. The molecule has 2 atom stereocenters. The van der Waals surface area contributed by atoms with Gasteiger partial charge in [-0.15, -0.1) is 0 Å². The quantitative estimate of drug-likeness (QED) is 0.507. The van der Waals surface area contributed by atoms with Crippen LogP contribution in [0.5, 0.6) is 5.75 Å². The molecule has 1 aromatic carbocycles. The summed E-state index contributed by atoms with van der Waals surface area (Å²) in [4.78, 5) is 25.2. The first-order valence-corrected chi connectivity index (χ1v) is 9.89. The third-order valence-corrected chi connectivity index (χ3v) is 5.60. The number of hydrogen-bond donors (Lipinski definition) is 1. The summed E-state index contributed by atoms with van der Waals surface area (Å²) in [6, 6.07) is 8.58. The number of anilines is 1. The minimum Gasteiger partial charge on any atom is -0.494 e. The summed E-state index contributed by atoms with van der Waals surface area (Å²) in [6.45, 7) is 3.04. The molecule has 0 spiro atoms. The van der Waals surface area contributed by atoms with E-state index < -0.39 is 4.92 Å². The molecule has 0 radical (unpaired) electrons. The zero-order chi connectivity index (χ0) is 20.5. The first-order valence-electron chi connectivity index (χ1n) is 9.89. The Balaban J connectivity index is 1.39. The van der Waals surface area contributed by atoms with Crippen LogP contribution in [0.1, 0.15) is 43.6 Å². The average molecular weight is 399 g/mol. The zero-order valence-corrected chi connectivity index (χ0v) is 16.6. The lowest BCUT2D eigenvalue weighted by Gasteiger charge is -2.20. The Morgan fingerprint density at radius 1 is 1.34 bits per heavy atom. The van der Waals surface area contributed by atoms with Crippen LogP contribution in [0.4, 0.5) is 11.4 Å². The van der Waals surface area contributed by atoms with Crippen LogP contribution in [0.15, 0.2) is 34.7 Å². The predicted molar refractivity (Wildman–Crippen MR) is 107 cm³/mol. The van der Waals surface area contributed by atoms with Crippen molar-refractivity contribution in [1.29, 1.82) is 0 Å². The molecule has 1 aromatic heterocycles. The number of carbonyl (C=O) groups is 1. The highest BCUT2D eigenvalue weighted by Crippen LogP contribution is 2.47. The van der Waals surface area contributed by atoms with Crippen LogP contribution in [-0.4, -0.2) is 35.4 Å². The number of ether oxygens (including phenoxy) is 1. The molecule has 2 aliphatic rings. The molecule has 4 rings (SSSR count). The highest BCUT2D eigenvalue weighted by molar-refractivity contribution is 5.94. The van der Waals surface area contributed by atoms with E-state index in [1.165, 1.54) is 31.7 Å². The number of carbonyl (C=O) groups excluding carboxylic acids is 1. The van der Waals surface area contributed by atoms with Gasteiger partial charge >= 0.3 is 0 Å². The molecule has 0 saturated heterocycles. The fraction of sp³-hybridized carbons (Fsp3) is 0.476. The minimum absolute atomic E-state index is 0.0851. The lowest BCUT2D eigenvalue weighted by molar-refractivity contribution is -0.384. The topological polar surface area (TPSA) is 97.8 Å². The summed E-state index contributed by atoms with van der Waals surface area (Å²) in [5.74, 6) is 3.23. The van der Waals surface area contributed by atoms with E-state index in [0.29, 0.717) is 30.1 Å². The molecular formula is C21H25N3O5. The molecule has 1 N–H and O–H groups in total.